The topological polar surface area (TPSA) is 89.8 Å². The Labute approximate surface area is 165 Å². The van der Waals surface area contributed by atoms with Gasteiger partial charge in [0, 0.05) is 12.8 Å². The van der Waals surface area contributed by atoms with Crippen LogP contribution in [0, 0.1) is 0 Å². The van der Waals surface area contributed by atoms with Crippen LogP contribution in [0.5, 0.6) is 0 Å². The molecule has 0 saturated carbocycles. The molecular formula is C21H28N2O5. The molecule has 0 aliphatic heterocycles. The highest BCUT2D eigenvalue weighted by molar-refractivity contribution is 5.85. The first kappa shape index (κ1) is 21.5. The number of carbonyl (C=O) groups is 2. The number of alkyl carbamates (subject to hydrolysis) is 1. The third-order valence-electron chi connectivity index (χ3n) is 3.71. The summed E-state index contributed by atoms with van der Waals surface area (Å²) in [6, 6.07) is 12.3. The zero-order valence-electron chi connectivity index (χ0n) is 16.6. The number of rotatable bonds is 9. The zero-order valence-corrected chi connectivity index (χ0v) is 16.6. The molecule has 2 rings (SSSR count). The first-order valence-corrected chi connectivity index (χ1v) is 9.31. The molecular weight excluding hydrogens is 360 g/mol. The Balaban J connectivity index is 1.85. The van der Waals surface area contributed by atoms with Crippen molar-refractivity contribution < 1.29 is 23.6 Å². The number of hydrogen-bond acceptors (Lipinski definition) is 5. The Bertz CT molecular complexity index is 723. The van der Waals surface area contributed by atoms with Crippen molar-refractivity contribution >= 4 is 12.0 Å². The largest absolute Gasteiger partial charge is 0.469 e. The molecule has 0 fully saturated rings. The number of hydrogen-bond donors (Lipinski definition) is 2. The lowest BCUT2D eigenvalue weighted by Gasteiger charge is -2.23. The van der Waals surface area contributed by atoms with Gasteiger partial charge in [0.05, 0.1) is 12.9 Å². The molecule has 7 nitrogen and oxygen atoms in total. The summed E-state index contributed by atoms with van der Waals surface area (Å²) in [5.41, 5.74) is 2.67. The van der Waals surface area contributed by atoms with Gasteiger partial charge in [0.25, 0.3) is 5.91 Å². The highest BCUT2D eigenvalue weighted by atomic mass is 16.7. The van der Waals surface area contributed by atoms with Crippen LogP contribution in [-0.4, -0.2) is 30.3 Å². The second-order valence-electron chi connectivity index (χ2n) is 7.39. The van der Waals surface area contributed by atoms with Crippen LogP contribution >= 0.6 is 0 Å². The molecule has 1 aromatic heterocycles. The SMILES string of the molecule is CC(C)(C)OC(=O)NC(Cc1ccccc1)C(=O)NOCCCc1ccco1. The Morgan fingerprint density at radius 3 is 2.50 bits per heavy atom. The van der Waals surface area contributed by atoms with Gasteiger partial charge in [-0.1, -0.05) is 30.3 Å². The maximum atomic E-state index is 12.5. The average molecular weight is 388 g/mol. The van der Waals surface area contributed by atoms with E-state index in [9.17, 15) is 9.59 Å². The molecule has 0 aliphatic rings. The number of carbonyl (C=O) groups excluding carboxylic acids is 2. The fourth-order valence-corrected chi connectivity index (χ4v) is 2.48. The van der Waals surface area contributed by atoms with Crippen molar-refractivity contribution in [3.05, 3.63) is 60.1 Å². The van der Waals surface area contributed by atoms with E-state index in [0.29, 0.717) is 25.9 Å². The predicted octanol–water partition coefficient (Wildman–Crippen LogP) is 3.40. The molecule has 0 saturated heterocycles. The minimum Gasteiger partial charge on any atom is -0.469 e. The fraction of sp³-hybridized carbons (Fsp3) is 0.429. The van der Waals surface area contributed by atoms with Gasteiger partial charge in [-0.3, -0.25) is 9.63 Å². The molecule has 2 aromatic rings. The maximum absolute atomic E-state index is 12.5. The molecule has 1 heterocycles. The van der Waals surface area contributed by atoms with Crippen molar-refractivity contribution in [2.45, 2.75) is 51.7 Å². The molecule has 1 unspecified atom stereocenters. The number of amides is 2. The second-order valence-corrected chi connectivity index (χ2v) is 7.39. The zero-order chi connectivity index (χ0) is 20.4. The van der Waals surface area contributed by atoms with Gasteiger partial charge >= 0.3 is 6.09 Å². The summed E-state index contributed by atoms with van der Waals surface area (Å²) >= 11 is 0. The summed E-state index contributed by atoms with van der Waals surface area (Å²) in [5, 5.41) is 2.62. The fourth-order valence-electron chi connectivity index (χ4n) is 2.48. The van der Waals surface area contributed by atoms with Crippen LogP contribution < -0.4 is 10.8 Å². The summed E-state index contributed by atoms with van der Waals surface area (Å²) in [6.45, 7) is 5.62. The molecule has 0 spiro atoms. The summed E-state index contributed by atoms with van der Waals surface area (Å²) < 4.78 is 10.5. The van der Waals surface area contributed by atoms with Crippen LogP contribution in [0.1, 0.15) is 38.5 Å². The van der Waals surface area contributed by atoms with Gasteiger partial charge in [-0.25, -0.2) is 10.3 Å². The molecule has 152 valence electrons. The van der Waals surface area contributed by atoms with Gasteiger partial charge in [0.2, 0.25) is 0 Å². The highest BCUT2D eigenvalue weighted by Crippen LogP contribution is 2.09. The van der Waals surface area contributed by atoms with Crippen molar-refractivity contribution in [1.82, 2.24) is 10.8 Å². The lowest BCUT2D eigenvalue weighted by atomic mass is 10.1. The summed E-state index contributed by atoms with van der Waals surface area (Å²) in [4.78, 5) is 29.9. The standard InChI is InChI=1S/C21H28N2O5/c1-21(2,3)28-20(25)22-18(15-16-9-5-4-6-10-16)19(24)23-27-14-8-12-17-11-7-13-26-17/h4-7,9-11,13,18H,8,12,14-15H2,1-3H3,(H,22,25)(H,23,24). The molecule has 0 radical (unpaired) electrons. The van der Waals surface area contributed by atoms with Gasteiger partial charge in [0.15, 0.2) is 0 Å². The van der Waals surface area contributed by atoms with Crippen LogP contribution in [-0.2, 0) is 27.2 Å². The number of aryl methyl sites for hydroxylation is 1. The molecule has 7 heteroatoms. The first-order valence-electron chi connectivity index (χ1n) is 9.31. The summed E-state index contributed by atoms with van der Waals surface area (Å²) in [7, 11) is 0. The minimum atomic E-state index is -0.817. The van der Waals surface area contributed by atoms with E-state index < -0.39 is 23.6 Å². The lowest BCUT2D eigenvalue weighted by molar-refractivity contribution is -0.135. The predicted molar refractivity (Wildman–Crippen MR) is 104 cm³/mol. The van der Waals surface area contributed by atoms with Gasteiger partial charge in [-0.15, -0.1) is 0 Å². The van der Waals surface area contributed by atoms with Gasteiger partial charge < -0.3 is 14.5 Å². The second kappa shape index (κ2) is 10.5. The smallest absolute Gasteiger partial charge is 0.408 e. The van der Waals surface area contributed by atoms with E-state index in [1.54, 1.807) is 27.0 Å². The normalized spacial score (nSPS) is 12.2. The summed E-state index contributed by atoms with van der Waals surface area (Å²) in [6.07, 6.45) is 2.70. The third kappa shape index (κ3) is 8.26. The quantitative estimate of drug-likeness (QED) is 0.508. The van der Waals surface area contributed by atoms with Crippen molar-refractivity contribution in [1.29, 1.82) is 0 Å². The molecule has 1 atom stereocenters. The monoisotopic (exact) mass is 388 g/mol. The van der Waals surface area contributed by atoms with E-state index in [0.717, 1.165) is 11.3 Å². The molecule has 2 N–H and O–H groups in total. The van der Waals surface area contributed by atoms with Crippen LogP contribution in [0.4, 0.5) is 4.79 Å². The van der Waals surface area contributed by atoms with Crippen LogP contribution in [0.3, 0.4) is 0 Å². The third-order valence-corrected chi connectivity index (χ3v) is 3.71. The van der Waals surface area contributed by atoms with E-state index in [-0.39, 0.29) is 0 Å². The number of furan rings is 1. The van der Waals surface area contributed by atoms with Crippen molar-refractivity contribution in [3.8, 4) is 0 Å². The highest BCUT2D eigenvalue weighted by Gasteiger charge is 2.24. The number of nitrogens with one attached hydrogen (secondary N) is 2. The van der Waals surface area contributed by atoms with Gasteiger partial charge in [-0.05, 0) is 44.9 Å². The Morgan fingerprint density at radius 1 is 1.11 bits per heavy atom. The van der Waals surface area contributed by atoms with E-state index in [1.807, 2.05) is 42.5 Å². The van der Waals surface area contributed by atoms with Crippen molar-refractivity contribution in [2.24, 2.45) is 0 Å². The van der Waals surface area contributed by atoms with Crippen molar-refractivity contribution in [2.75, 3.05) is 6.61 Å². The van der Waals surface area contributed by atoms with Crippen LogP contribution in [0.2, 0.25) is 0 Å². The number of benzene rings is 1. The minimum absolute atomic E-state index is 0.321. The van der Waals surface area contributed by atoms with E-state index in [2.05, 4.69) is 10.8 Å². The Kier molecular flexibility index (Phi) is 8.07. The maximum Gasteiger partial charge on any atom is 0.408 e. The van der Waals surface area contributed by atoms with E-state index >= 15 is 0 Å². The Hall–Kier alpha value is -2.80. The molecule has 28 heavy (non-hydrogen) atoms. The van der Waals surface area contributed by atoms with Crippen LogP contribution in [0.15, 0.2) is 53.1 Å². The molecule has 0 bridgehead atoms. The number of ether oxygens (including phenoxy) is 1. The van der Waals surface area contributed by atoms with Crippen molar-refractivity contribution in [3.63, 3.8) is 0 Å². The lowest BCUT2D eigenvalue weighted by Crippen LogP contribution is -2.49. The first-order chi connectivity index (χ1) is 13.3. The van der Waals surface area contributed by atoms with Crippen LogP contribution in [0.25, 0.3) is 0 Å². The van der Waals surface area contributed by atoms with Gasteiger partial charge in [-0.2, -0.15) is 0 Å². The summed E-state index contributed by atoms with van der Waals surface area (Å²) in [5.74, 6) is 0.427. The Morgan fingerprint density at radius 2 is 1.86 bits per heavy atom. The molecule has 1 aromatic carbocycles. The molecule has 0 aliphatic carbocycles. The van der Waals surface area contributed by atoms with E-state index in [1.165, 1.54) is 0 Å². The average Bonchev–Trinajstić information content (AvgIpc) is 3.13. The molecule has 2 amide bonds. The van der Waals surface area contributed by atoms with E-state index in [4.69, 9.17) is 14.0 Å². The number of hydroxylamine groups is 1. The van der Waals surface area contributed by atoms with Gasteiger partial charge in [0.1, 0.15) is 17.4 Å².